The van der Waals surface area contributed by atoms with Gasteiger partial charge in [-0.05, 0) is 35.9 Å². The van der Waals surface area contributed by atoms with E-state index in [2.05, 4.69) is 16.3 Å². The normalized spacial score (nSPS) is 16.3. The molecule has 132 valence electrons. The number of halogens is 2. The summed E-state index contributed by atoms with van der Waals surface area (Å²) in [6.45, 7) is 2.43. The SMILES string of the molecule is COc1cc(N(Cc2ccc(Cl)cc2)C[C@H]2C=C(N)NC2)ccc1Cl. The summed E-state index contributed by atoms with van der Waals surface area (Å²) in [5.41, 5.74) is 8.09. The highest BCUT2D eigenvalue weighted by Gasteiger charge is 2.19. The maximum absolute atomic E-state index is 6.17. The Morgan fingerprint density at radius 1 is 1.20 bits per heavy atom. The Labute approximate surface area is 158 Å². The summed E-state index contributed by atoms with van der Waals surface area (Å²) < 4.78 is 5.37. The monoisotopic (exact) mass is 377 g/mol. The van der Waals surface area contributed by atoms with Gasteiger partial charge in [0.15, 0.2) is 0 Å². The van der Waals surface area contributed by atoms with Crippen LogP contribution in [0.25, 0.3) is 0 Å². The van der Waals surface area contributed by atoms with Gasteiger partial charge in [0.1, 0.15) is 5.75 Å². The van der Waals surface area contributed by atoms with Gasteiger partial charge in [-0.1, -0.05) is 35.3 Å². The quantitative estimate of drug-likeness (QED) is 0.797. The van der Waals surface area contributed by atoms with Crippen LogP contribution in [0.1, 0.15) is 5.56 Å². The molecule has 0 saturated heterocycles. The predicted octanol–water partition coefficient (Wildman–Crippen LogP) is 4.03. The Hall–Kier alpha value is -2.04. The third-order valence-electron chi connectivity index (χ3n) is 4.23. The van der Waals surface area contributed by atoms with Gasteiger partial charge in [0, 0.05) is 42.3 Å². The largest absolute Gasteiger partial charge is 0.495 e. The van der Waals surface area contributed by atoms with E-state index in [1.807, 2.05) is 42.5 Å². The zero-order valence-corrected chi connectivity index (χ0v) is 15.5. The number of benzene rings is 2. The standard InChI is InChI=1S/C19H21Cl2N3O/c1-25-18-9-16(6-7-17(18)21)24(12-14-8-19(22)23-10-14)11-13-2-4-15(20)5-3-13/h2-9,14,23H,10-12,22H2,1H3/t14-/m0/s1. The van der Waals surface area contributed by atoms with Gasteiger partial charge in [-0.2, -0.15) is 0 Å². The molecule has 25 heavy (non-hydrogen) atoms. The van der Waals surface area contributed by atoms with Crippen LogP contribution in [0.15, 0.2) is 54.4 Å². The second kappa shape index (κ2) is 7.89. The lowest BCUT2D eigenvalue weighted by atomic mass is 10.1. The van der Waals surface area contributed by atoms with E-state index >= 15 is 0 Å². The zero-order chi connectivity index (χ0) is 17.8. The molecule has 0 saturated carbocycles. The first-order chi connectivity index (χ1) is 12.0. The number of methoxy groups -OCH3 is 1. The number of anilines is 1. The summed E-state index contributed by atoms with van der Waals surface area (Å²) in [6.07, 6.45) is 2.07. The summed E-state index contributed by atoms with van der Waals surface area (Å²) in [5.74, 6) is 1.75. The minimum Gasteiger partial charge on any atom is -0.495 e. The van der Waals surface area contributed by atoms with Crippen molar-refractivity contribution in [1.29, 1.82) is 0 Å². The molecule has 4 nitrogen and oxygen atoms in total. The fourth-order valence-electron chi connectivity index (χ4n) is 2.94. The molecule has 0 radical (unpaired) electrons. The molecule has 0 fully saturated rings. The summed E-state index contributed by atoms with van der Waals surface area (Å²) in [7, 11) is 1.62. The van der Waals surface area contributed by atoms with Crippen molar-refractivity contribution in [3.63, 3.8) is 0 Å². The zero-order valence-electron chi connectivity index (χ0n) is 14.0. The lowest BCUT2D eigenvalue weighted by Gasteiger charge is -2.28. The van der Waals surface area contributed by atoms with Crippen molar-refractivity contribution in [2.75, 3.05) is 25.1 Å². The topological polar surface area (TPSA) is 50.5 Å². The van der Waals surface area contributed by atoms with E-state index in [-0.39, 0.29) is 0 Å². The predicted molar refractivity (Wildman–Crippen MR) is 104 cm³/mol. The van der Waals surface area contributed by atoms with Gasteiger partial charge < -0.3 is 20.7 Å². The van der Waals surface area contributed by atoms with E-state index in [0.29, 0.717) is 16.7 Å². The van der Waals surface area contributed by atoms with Crippen molar-refractivity contribution in [2.45, 2.75) is 6.54 Å². The van der Waals surface area contributed by atoms with Crippen molar-refractivity contribution >= 4 is 28.9 Å². The molecular weight excluding hydrogens is 357 g/mol. The molecule has 0 spiro atoms. The molecular formula is C19H21Cl2N3O. The number of rotatable bonds is 6. The van der Waals surface area contributed by atoms with Crippen LogP contribution >= 0.6 is 23.2 Å². The fraction of sp³-hybridized carbons (Fsp3) is 0.263. The second-order valence-electron chi connectivity index (χ2n) is 6.09. The maximum atomic E-state index is 6.17. The highest BCUT2D eigenvalue weighted by Crippen LogP contribution is 2.31. The van der Waals surface area contributed by atoms with Crippen LogP contribution in [0.5, 0.6) is 5.75 Å². The van der Waals surface area contributed by atoms with Crippen LogP contribution in [-0.4, -0.2) is 20.2 Å². The number of nitrogens with zero attached hydrogens (tertiary/aromatic N) is 1. The Morgan fingerprint density at radius 2 is 1.96 bits per heavy atom. The Morgan fingerprint density at radius 3 is 2.60 bits per heavy atom. The number of nitrogens with two attached hydrogens (primary N) is 1. The summed E-state index contributed by atoms with van der Waals surface area (Å²) in [6, 6.07) is 13.7. The van der Waals surface area contributed by atoms with Gasteiger partial charge in [-0.25, -0.2) is 0 Å². The van der Waals surface area contributed by atoms with Crippen LogP contribution in [0.2, 0.25) is 10.0 Å². The average molecular weight is 378 g/mol. The van der Waals surface area contributed by atoms with Gasteiger partial charge in [-0.3, -0.25) is 0 Å². The number of hydrogen-bond acceptors (Lipinski definition) is 4. The Kier molecular flexibility index (Phi) is 5.61. The molecule has 1 aliphatic heterocycles. The van der Waals surface area contributed by atoms with Gasteiger partial charge in [0.05, 0.1) is 18.0 Å². The van der Waals surface area contributed by atoms with Crippen molar-refractivity contribution < 1.29 is 4.74 Å². The van der Waals surface area contributed by atoms with Gasteiger partial charge in [-0.15, -0.1) is 0 Å². The van der Waals surface area contributed by atoms with Crippen LogP contribution in [-0.2, 0) is 6.54 Å². The molecule has 2 aromatic rings. The molecule has 3 N–H and O–H groups in total. The molecule has 0 unspecified atom stereocenters. The smallest absolute Gasteiger partial charge is 0.139 e. The van der Waals surface area contributed by atoms with Crippen LogP contribution < -0.4 is 20.7 Å². The highest BCUT2D eigenvalue weighted by atomic mass is 35.5. The van der Waals surface area contributed by atoms with Gasteiger partial charge in [0.2, 0.25) is 0 Å². The van der Waals surface area contributed by atoms with E-state index in [4.69, 9.17) is 33.7 Å². The third kappa shape index (κ3) is 4.53. The first-order valence-corrected chi connectivity index (χ1v) is 8.85. The van der Waals surface area contributed by atoms with Crippen molar-refractivity contribution in [2.24, 2.45) is 11.7 Å². The van der Waals surface area contributed by atoms with Crippen molar-refractivity contribution in [3.8, 4) is 5.75 Å². The second-order valence-corrected chi connectivity index (χ2v) is 6.93. The molecule has 3 rings (SSSR count). The fourth-order valence-corrected chi connectivity index (χ4v) is 3.26. The lowest BCUT2D eigenvalue weighted by Crippen LogP contribution is -2.30. The minimum atomic E-state index is 0.342. The summed E-state index contributed by atoms with van der Waals surface area (Å²) in [4.78, 5) is 2.30. The van der Waals surface area contributed by atoms with E-state index in [1.165, 1.54) is 5.56 Å². The molecule has 0 aliphatic carbocycles. The third-order valence-corrected chi connectivity index (χ3v) is 4.79. The minimum absolute atomic E-state index is 0.342. The van der Waals surface area contributed by atoms with E-state index < -0.39 is 0 Å². The molecule has 1 aliphatic rings. The summed E-state index contributed by atoms with van der Waals surface area (Å²) >= 11 is 12.2. The molecule has 0 amide bonds. The number of nitrogens with one attached hydrogen (secondary N) is 1. The molecule has 6 heteroatoms. The van der Waals surface area contributed by atoms with Crippen LogP contribution in [0, 0.1) is 5.92 Å². The Bertz CT molecular complexity index is 762. The average Bonchev–Trinajstić information content (AvgIpc) is 3.02. The number of ether oxygens (including phenoxy) is 1. The molecule has 1 heterocycles. The van der Waals surface area contributed by atoms with E-state index in [1.54, 1.807) is 7.11 Å². The molecule has 0 bridgehead atoms. The molecule has 2 aromatic carbocycles. The van der Waals surface area contributed by atoms with Gasteiger partial charge in [0.25, 0.3) is 0 Å². The number of hydrogen-bond donors (Lipinski definition) is 2. The first kappa shape index (κ1) is 17.8. The van der Waals surface area contributed by atoms with Crippen molar-refractivity contribution in [3.05, 3.63) is 70.0 Å². The van der Waals surface area contributed by atoms with E-state index in [9.17, 15) is 0 Å². The van der Waals surface area contributed by atoms with Crippen LogP contribution in [0.4, 0.5) is 5.69 Å². The first-order valence-electron chi connectivity index (χ1n) is 8.09. The van der Waals surface area contributed by atoms with Crippen molar-refractivity contribution in [1.82, 2.24) is 5.32 Å². The maximum Gasteiger partial charge on any atom is 0.139 e. The van der Waals surface area contributed by atoms with Crippen LogP contribution in [0.3, 0.4) is 0 Å². The molecule has 0 aromatic heterocycles. The Balaban J connectivity index is 1.86. The van der Waals surface area contributed by atoms with E-state index in [0.717, 1.165) is 36.2 Å². The molecule has 1 atom stereocenters. The summed E-state index contributed by atoms with van der Waals surface area (Å²) in [5, 5.41) is 4.51. The van der Waals surface area contributed by atoms with Gasteiger partial charge >= 0.3 is 0 Å². The lowest BCUT2D eigenvalue weighted by molar-refractivity contribution is 0.415. The highest BCUT2D eigenvalue weighted by molar-refractivity contribution is 6.32.